The van der Waals surface area contributed by atoms with E-state index >= 15 is 0 Å². The van der Waals surface area contributed by atoms with Crippen molar-refractivity contribution in [3.8, 4) is 0 Å². The van der Waals surface area contributed by atoms with E-state index < -0.39 is 10.0 Å². The predicted molar refractivity (Wildman–Crippen MR) is 117 cm³/mol. The van der Waals surface area contributed by atoms with Crippen molar-refractivity contribution in [3.63, 3.8) is 0 Å². The minimum atomic E-state index is -3.44. The second kappa shape index (κ2) is 9.11. The minimum Gasteiger partial charge on any atom is -0.348 e. The number of carbonyl (C=O) groups excluding carboxylic acids is 1. The van der Waals surface area contributed by atoms with Crippen molar-refractivity contribution in [1.82, 2.24) is 5.32 Å². The van der Waals surface area contributed by atoms with E-state index in [1.807, 2.05) is 18.2 Å². The van der Waals surface area contributed by atoms with Gasteiger partial charge in [0.1, 0.15) is 0 Å². The number of para-hydroxylation sites is 1. The van der Waals surface area contributed by atoms with Gasteiger partial charge in [0.2, 0.25) is 10.0 Å². The van der Waals surface area contributed by atoms with Gasteiger partial charge in [-0.05, 0) is 47.5 Å². The van der Waals surface area contributed by atoms with Crippen molar-refractivity contribution >= 4 is 33.2 Å². The molecule has 5 nitrogen and oxygen atoms in total. The molecule has 0 aliphatic carbocycles. The molecule has 0 saturated carbocycles. The molecule has 0 aliphatic heterocycles. The minimum absolute atomic E-state index is 0.190. The van der Waals surface area contributed by atoms with Crippen LogP contribution in [0, 0.1) is 0 Å². The fourth-order valence-electron chi connectivity index (χ4n) is 2.81. The largest absolute Gasteiger partial charge is 0.348 e. The molecule has 0 aliphatic rings. The van der Waals surface area contributed by atoms with Crippen molar-refractivity contribution in [2.24, 2.45) is 0 Å². The van der Waals surface area contributed by atoms with Crippen LogP contribution in [-0.2, 0) is 23.1 Å². The second-order valence-electron chi connectivity index (χ2n) is 6.61. The van der Waals surface area contributed by atoms with Gasteiger partial charge < -0.3 is 5.32 Å². The molecule has 0 heterocycles. The van der Waals surface area contributed by atoms with E-state index in [2.05, 4.69) is 5.32 Å². The van der Waals surface area contributed by atoms with Gasteiger partial charge in [0.15, 0.2) is 0 Å². The molecule has 1 N–H and O–H groups in total. The van der Waals surface area contributed by atoms with E-state index in [0.717, 1.165) is 11.1 Å². The molecule has 0 bridgehead atoms. The number of nitrogens with zero attached hydrogens (tertiary/aromatic N) is 1. The molecule has 150 valence electrons. The lowest BCUT2D eigenvalue weighted by atomic mass is 10.1. The Hall–Kier alpha value is -2.83. The van der Waals surface area contributed by atoms with Gasteiger partial charge in [-0.1, -0.05) is 54.1 Å². The summed E-state index contributed by atoms with van der Waals surface area (Å²) in [6.07, 6.45) is 1.18. The summed E-state index contributed by atoms with van der Waals surface area (Å²) in [5, 5.41) is 3.50. The fourth-order valence-corrected chi connectivity index (χ4v) is 3.82. The zero-order chi connectivity index (χ0) is 20.9. The van der Waals surface area contributed by atoms with Crippen molar-refractivity contribution in [2.75, 3.05) is 10.6 Å². The summed E-state index contributed by atoms with van der Waals surface area (Å²) in [4.78, 5) is 12.4. The van der Waals surface area contributed by atoms with Gasteiger partial charge in [-0.25, -0.2) is 8.42 Å². The van der Waals surface area contributed by atoms with Crippen molar-refractivity contribution < 1.29 is 13.2 Å². The van der Waals surface area contributed by atoms with Crippen molar-refractivity contribution in [1.29, 1.82) is 0 Å². The number of nitrogens with one attached hydrogen (secondary N) is 1. The maximum atomic E-state index is 12.4. The number of rotatable bonds is 7. The number of amides is 1. The van der Waals surface area contributed by atoms with E-state index in [1.165, 1.54) is 10.6 Å². The fraction of sp³-hybridized carbons (Fsp3) is 0.136. The van der Waals surface area contributed by atoms with Gasteiger partial charge in [0.05, 0.1) is 18.5 Å². The number of carbonyl (C=O) groups is 1. The second-order valence-corrected chi connectivity index (χ2v) is 8.95. The topological polar surface area (TPSA) is 66.5 Å². The van der Waals surface area contributed by atoms with E-state index in [-0.39, 0.29) is 12.5 Å². The summed E-state index contributed by atoms with van der Waals surface area (Å²) >= 11 is 5.86. The van der Waals surface area contributed by atoms with Crippen LogP contribution in [0.4, 0.5) is 5.69 Å². The van der Waals surface area contributed by atoms with Gasteiger partial charge in [-0.2, -0.15) is 0 Å². The molecule has 3 aromatic carbocycles. The Morgan fingerprint density at radius 2 is 1.48 bits per heavy atom. The smallest absolute Gasteiger partial charge is 0.251 e. The van der Waals surface area contributed by atoms with Gasteiger partial charge >= 0.3 is 0 Å². The molecule has 0 unspecified atom stereocenters. The lowest BCUT2D eigenvalue weighted by molar-refractivity contribution is 0.0951. The van der Waals surface area contributed by atoms with E-state index in [1.54, 1.807) is 60.7 Å². The average Bonchev–Trinajstić information content (AvgIpc) is 2.71. The summed E-state index contributed by atoms with van der Waals surface area (Å²) < 4.78 is 25.7. The maximum Gasteiger partial charge on any atom is 0.251 e. The molecule has 0 radical (unpaired) electrons. The molecule has 0 fully saturated rings. The summed E-state index contributed by atoms with van der Waals surface area (Å²) in [7, 11) is -3.44. The molecule has 0 saturated heterocycles. The molecule has 7 heteroatoms. The van der Waals surface area contributed by atoms with Crippen molar-refractivity contribution in [3.05, 3.63) is 101 Å². The van der Waals surface area contributed by atoms with Crippen LogP contribution < -0.4 is 9.62 Å². The molecular weight excluding hydrogens is 408 g/mol. The number of hydrogen-bond donors (Lipinski definition) is 1. The Bertz CT molecular complexity index is 1070. The molecular formula is C22H21ClN2O3S. The van der Waals surface area contributed by atoms with Gasteiger partial charge in [0.25, 0.3) is 5.91 Å². The van der Waals surface area contributed by atoms with Crippen LogP contribution in [0.1, 0.15) is 21.5 Å². The van der Waals surface area contributed by atoms with Crippen LogP contribution in [0.2, 0.25) is 5.02 Å². The van der Waals surface area contributed by atoms with Crippen LogP contribution in [-0.4, -0.2) is 20.6 Å². The van der Waals surface area contributed by atoms with Crippen LogP contribution in [0.5, 0.6) is 0 Å². The van der Waals surface area contributed by atoms with Crippen LogP contribution in [0.3, 0.4) is 0 Å². The third-order valence-electron chi connectivity index (χ3n) is 4.35. The first-order chi connectivity index (χ1) is 13.8. The Kier molecular flexibility index (Phi) is 6.56. The molecule has 0 spiro atoms. The van der Waals surface area contributed by atoms with Gasteiger partial charge in [-0.15, -0.1) is 0 Å². The van der Waals surface area contributed by atoms with Crippen LogP contribution in [0.15, 0.2) is 78.9 Å². The zero-order valence-corrected chi connectivity index (χ0v) is 17.5. The van der Waals surface area contributed by atoms with Crippen LogP contribution in [0.25, 0.3) is 0 Å². The normalized spacial score (nSPS) is 11.1. The summed E-state index contributed by atoms with van der Waals surface area (Å²) in [6, 6.07) is 23.1. The predicted octanol–water partition coefficient (Wildman–Crippen LogP) is 4.24. The Balaban J connectivity index is 1.67. The van der Waals surface area contributed by atoms with Gasteiger partial charge in [0, 0.05) is 17.1 Å². The lowest BCUT2D eigenvalue weighted by Crippen LogP contribution is -2.29. The van der Waals surface area contributed by atoms with Gasteiger partial charge in [-0.3, -0.25) is 9.10 Å². The van der Waals surface area contributed by atoms with E-state index in [0.29, 0.717) is 22.8 Å². The monoisotopic (exact) mass is 428 g/mol. The Labute approximate surface area is 176 Å². The quantitative estimate of drug-likeness (QED) is 0.612. The SMILES string of the molecule is CS(=O)(=O)N(Cc1ccc(C(=O)NCc2ccc(Cl)cc2)cc1)c1ccccc1. The van der Waals surface area contributed by atoms with E-state index in [9.17, 15) is 13.2 Å². The van der Waals surface area contributed by atoms with Crippen LogP contribution >= 0.6 is 11.6 Å². The highest BCUT2D eigenvalue weighted by molar-refractivity contribution is 7.92. The molecule has 1 amide bonds. The maximum absolute atomic E-state index is 12.4. The number of anilines is 1. The molecule has 29 heavy (non-hydrogen) atoms. The standard InChI is InChI=1S/C22H21ClN2O3S/c1-29(27,28)25(21-5-3-2-4-6-21)16-18-7-11-19(12-8-18)22(26)24-15-17-9-13-20(23)14-10-17/h2-14H,15-16H2,1H3,(H,24,26). The lowest BCUT2D eigenvalue weighted by Gasteiger charge is -2.22. The average molecular weight is 429 g/mol. The Morgan fingerprint density at radius 3 is 2.07 bits per heavy atom. The number of benzene rings is 3. The number of halogens is 1. The first kappa shape index (κ1) is 20.9. The third-order valence-corrected chi connectivity index (χ3v) is 5.75. The highest BCUT2D eigenvalue weighted by atomic mass is 35.5. The summed E-state index contributed by atoms with van der Waals surface area (Å²) in [6.45, 7) is 0.586. The summed E-state index contributed by atoms with van der Waals surface area (Å²) in [5.41, 5.74) is 2.84. The van der Waals surface area contributed by atoms with E-state index in [4.69, 9.17) is 11.6 Å². The number of sulfonamides is 1. The molecule has 0 aromatic heterocycles. The highest BCUT2D eigenvalue weighted by Gasteiger charge is 2.17. The Morgan fingerprint density at radius 1 is 0.897 bits per heavy atom. The van der Waals surface area contributed by atoms with Crippen molar-refractivity contribution in [2.45, 2.75) is 13.1 Å². The molecule has 3 aromatic rings. The zero-order valence-electron chi connectivity index (χ0n) is 15.9. The first-order valence-corrected chi connectivity index (χ1v) is 11.2. The summed E-state index contributed by atoms with van der Waals surface area (Å²) in [5.74, 6) is -0.200. The highest BCUT2D eigenvalue weighted by Crippen LogP contribution is 2.20. The first-order valence-electron chi connectivity index (χ1n) is 8.97. The molecule has 0 atom stereocenters. The molecule has 3 rings (SSSR count). The number of hydrogen-bond acceptors (Lipinski definition) is 3. The third kappa shape index (κ3) is 5.82.